The van der Waals surface area contributed by atoms with E-state index in [9.17, 15) is 0 Å². The van der Waals surface area contributed by atoms with E-state index in [1.54, 1.807) is 11.3 Å². The molecule has 186 valence electrons. The van der Waals surface area contributed by atoms with E-state index in [1.807, 2.05) is 35.6 Å². The number of rotatable bonds is 3. The van der Waals surface area contributed by atoms with Crippen molar-refractivity contribution >= 4 is 81.4 Å². The fourth-order valence-corrected chi connectivity index (χ4v) is 7.83. The van der Waals surface area contributed by atoms with Crippen LogP contribution in [0, 0.1) is 12.3 Å². The Hall–Kier alpha value is -4.45. The number of thiophene rings is 2. The van der Waals surface area contributed by atoms with E-state index >= 15 is 0 Å². The molecule has 0 aliphatic heterocycles. The van der Waals surface area contributed by atoms with Crippen LogP contribution in [0.3, 0.4) is 0 Å². The number of nitrogens with zero attached hydrogens (tertiary/aromatic N) is 2. The van der Waals surface area contributed by atoms with Crippen LogP contribution >= 0.6 is 22.7 Å². The van der Waals surface area contributed by atoms with Gasteiger partial charge in [0.15, 0.2) is 11.7 Å². The molecule has 0 radical (unpaired) electrons. The summed E-state index contributed by atoms with van der Waals surface area (Å²) in [5.41, 5.74) is 5.09. The lowest BCUT2D eigenvalue weighted by atomic mass is 10.0. The number of fused-ring (bicyclic) bond motifs is 6. The summed E-state index contributed by atoms with van der Waals surface area (Å²) < 4.78 is 4.95. The standard InChI is InChI=1S/C34H23N3S2/c1-20-9-5-17-28-30(20)31-26(15-8-18-29(31)38-28)34(36-2)37-33(35)22-11-6-10-21(19-22)23-13-7-14-25-24-12-3-4-16-27(24)39-32(23)25/h3-19,35H,2H2,1H3. The molecule has 0 bridgehead atoms. The maximum atomic E-state index is 8.93. The molecule has 5 heteroatoms. The topological polar surface area (TPSA) is 48.6 Å². The van der Waals surface area contributed by atoms with Gasteiger partial charge < -0.3 is 0 Å². The summed E-state index contributed by atoms with van der Waals surface area (Å²) >= 11 is 3.57. The third-order valence-electron chi connectivity index (χ3n) is 7.19. The van der Waals surface area contributed by atoms with Crippen LogP contribution in [0.1, 0.15) is 16.7 Å². The number of hydrogen-bond acceptors (Lipinski definition) is 3. The Morgan fingerprint density at radius 1 is 0.718 bits per heavy atom. The summed E-state index contributed by atoms with van der Waals surface area (Å²) in [6.07, 6.45) is 0. The number of aliphatic imine (C=N–C) groups is 2. The van der Waals surface area contributed by atoms with Gasteiger partial charge in [-0.25, -0.2) is 9.98 Å². The maximum Gasteiger partial charge on any atom is 0.161 e. The molecule has 39 heavy (non-hydrogen) atoms. The summed E-state index contributed by atoms with van der Waals surface area (Å²) in [6.45, 7) is 5.96. The van der Waals surface area contributed by atoms with Gasteiger partial charge in [0.1, 0.15) is 0 Å². The molecule has 1 N–H and O–H groups in total. The minimum absolute atomic E-state index is 0.163. The molecular weight excluding hydrogens is 515 g/mol. The van der Waals surface area contributed by atoms with Gasteiger partial charge in [-0.2, -0.15) is 0 Å². The van der Waals surface area contributed by atoms with Gasteiger partial charge in [-0.3, -0.25) is 5.41 Å². The molecule has 0 aliphatic carbocycles. The summed E-state index contributed by atoms with van der Waals surface area (Å²) in [4.78, 5) is 9.01. The smallest absolute Gasteiger partial charge is 0.161 e. The summed E-state index contributed by atoms with van der Waals surface area (Å²) in [5, 5.41) is 13.8. The molecule has 2 aromatic heterocycles. The lowest BCUT2D eigenvalue weighted by Gasteiger charge is -2.08. The van der Waals surface area contributed by atoms with Crippen molar-refractivity contribution in [3.8, 4) is 11.1 Å². The van der Waals surface area contributed by atoms with Crippen molar-refractivity contribution < 1.29 is 0 Å². The van der Waals surface area contributed by atoms with E-state index in [-0.39, 0.29) is 5.84 Å². The van der Waals surface area contributed by atoms with Crippen molar-refractivity contribution in [2.45, 2.75) is 6.92 Å². The van der Waals surface area contributed by atoms with E-state index in [1.165, 1.54) is 46.1 Å². The Balaban J connectivity index is 1.33. The van der Waals surface area contributed by atoms with Crippen molar-refractivity contribution in [2.75, 3.05) is 0 Å². The Bertz CT molecular complexity index is 2130. The average Bonchev–Trinajstić information content (AvgIpc) is 3.55. The second-order valence-corrected chi connectivity index (χ2v) is 11.7. The number of amidine groups is 2. The number of hydrogen-bond donors (Lipinski definition) is 1. The van der Waals surface area contributed by atoms with Gasteiger partial charge in [0.2, 0.25) is 0 Å². The molecule has 0 saturated carbocycles. The first kappa shape index (κ1) is 23.7. The Morgan fingerprint density at radius 3 is 2.31 bits per heavy atom. The molecule has 2 heterocycles. The summed E-state index contributed by atoms with van der Waals surface area (Å²) in [7, 11) is 0. The van der Waals surface area contributed by atoms with Gasteiger partial charge in [0.25, 0.3) is 0 Å². The monoisotopic (exact) mass is 537 g/mol. The fraction of sp³-hybridized carbons (Fsp3) is 0.0294. The third kappa shape index (κ3) is 3.90. The summed E-state index contributed by atoms with van der Waals surface area (Å²) in [5.74, 6) is 0.626. The minimum atomic E-state index is 0.163. The molecule has 0 aliphatic rings. The van der Waals surface area contributed by atoms with Crippen LogP contribution in [-0.2, 0) is 0 Å². The second kappa shape index (κ2) is 9.38. The highest BCUT2D eigenvalue weighted by Gasteiger charge is 2.16. The largest absolute Gasteiger partial charge is 0.282 e. The van der Waals surface area contributed by atoms with Gasteiger partial charge in [-0.1, -0.05) is 78.9 Å². The van der Waals surface area contributed by atoms with Crippen LogP contribution in [-0.4, -0.2) is 18.4 Å². The molecule has 5 aromatic carbocycles. The van der Waals surface area contributed by atoms with Gasteiger partial charge in [0.05, 0.1) is 0 Å². The molecule has 0 amide bonds. The lowest BCUT2D eigenvalue weighted by Crippen LogP contribution is -2.04. The Labute approximate surface area is 233 Å². The van der Waals surface area contributed by atoms with Crippen molar-refractivity contribution in [1.29, 1.82) is 5.41 Å². The van der Waals surface area contributed by atoms with E-state index < -0.39 is 0 Å². The van der Waals surface area contributed by atoms with Gasteiger partial charge in [-0.15, -0.1) is 22.7 Å². The normalized spacial score (nSPS) is 12.1. The number of nitrogens with one attached hydrogen (secondary N) is 1. The van der Waals surface area contributed by atoms with E-state index in [2.05, 4.69) is 97.5 Å². The highest BCUT2D eigenvalue weighted by atomic mass is 32.1. The highest BCUT2D eigenvalue weighted by Crippen LogP contribution is 2.40. The zero-order valence-electron chi connectivity index (χ0n) is 21.2. The lowest BCUT2D eigenvalue weighted by molar-refractivity contribution is 1.40. The first-order chi connectivity index (χ1) is 19.1. The highest BCUT2D eigenvalue weighted by molar-refractivity contribution is 7.26. The molecule has 0 fully saturated rings. The van der Waals surface area contributed by atoms with Gasteiger partial charge in [0, 0.05) is 51.5 Å². The van der Waals surface area contributed by atoms with E-state index in [0.29, 0.717) is 5.84 Å². The molecular formula is C34H23N3S2. The summed E-state index contributed by atoms with van der Waals surface area (Å²) in [6, 6.07) is 35.6. The van der Waals surface area contributed by atoms with Crippen molar-refractivity contribution in [3.05, 3.63) is 120 Å². The Kier molecular flexibility index (Phi) is 5.69. The Morgan fingerprint density at radius 2 is 1.44 bits per heavy atom. The van der Waals surface area contributed by atoms with Crippen molar-refractivity contribution in [3.63, 3.8) is 0 Å². The van der Waals surface area contributed by atoms with Crippen LogP contribution in [0.4, 0.5) is 0 Å². The zero-order valence-corrected chi connectivity index (χ0v) is 22.9. The molecule has 0 unspecified atom stereocenters. The quantitative estimate of drug-likeness (QED) is 0.172. The number of benzene rings is 5. The van der Waals surface area contributed by atoms with E-state index in [4.69, 9.17) is 10.4 Å². The van der Waals surface area contributed by atoms with E-state index in [0.717, 1.165) is 22.1 Å². The van der Waals surface area contributed by atoms with Crippen LogP contribution < -0.4 is 0 Å². The first-order valence-corrected chi connectivity index (χ1v) is 14.3. The molecule has 0 spiro atoms. The molecule has 0 atom stereocenters. The van der Waals surface area contributed by atoms with Crippen molar-refractivity contribution in [2.24, 2.45) is 9.98 Å². The zero-order chi connectivity index (χ0) is 26.5. The molecule has 7 rings (SSSR count). The number of aryl methyl sites for hydroxylation is 1. The maximum absolute atomic E-state index is 8.93. The minimum Gasteiger partial charge on any atom is -0.282 e. The third-order valence-corrected chi connectivity index (χ3v) is 9.53. The van der Waals surface area contributed by atoms with Crippen LogP contribution in [0.15, 0.2) is 113 Å². The van der Waals surface area contributed by atoms with Crippen LogP contribution in [0.2, 0.25) is 0 Å². The first-order valence-electron chi connectivity index (χ1n) is 12.7. The molecule has 3 nitrogen and oxygen atoms in total. The van der Waals surface area contributed by atoms with Gasteiger partial charge in [-0.05, 0) is 54.6 Å². The molecule has 0 saturated heterocycles. The van der Waals surface area contributed by atoms with Crippen LogP contribution in [0.5, 0.6) is 0 Å². The average molecular weight is 538 g/mol. The van der Waals surface area contributed by atoms with Crippen LogP contribution in [0.25, 0.3) is 51.5 Å². The SMILES string of the molecule is C=NC(=NC(=N)c1cccc(-c2cccc3c2sc2ccccc23)c1)c1cccc2sc3cccc(C)c3c12. The fourth-order valence-electron chi connectivity index (χ4n) is 5.38. The second-order valence-electron chi connectivity index (χ2n) is 9.53. The predicted molar refractivity (Wildman–Crippen MR) is 172 cm³/mol. The predicted octanol–water partition coefficient (Wildman–Crippen LogP) is 9.87. The van der Waals surface area contributed by atoms with Gasteiger partial charge >= 0.3 is 0 Å². The van der Waals surface area contributed by atoms with Crippen molar-refractivity contribution in [1.82, 2.24) is 0 Å². The molecule has 7 aromatic rings.